The maximum absolute atomic E-state index is 13.5. The van der Waals surface area contributed by atoms with Crippen molar-refractivity contribution in [3.8, 4) is 0 Å². The van der Waals surface area contributed by atoms with Gasteiger partial charge in [-0.1, -0.05) is 13.8 Å². The van der Waals surface area contributed by atoms with Crippen LogP contribution in [0.5, 0.6) is 0 Å². The molecule has 0 radical (unpaired) electrons. The van der Waals surface area contributed by atoms with Crippen molar-refractivity contribution in [1.82, 2.24) is 10.6 Å². The lowest BCUT2D eigenvalue weighted by Crippen LogP contribution is -2.36. The minimum atomic E-state index is -0.254. The van der Waals surface area contributed by atoms with Crippen LogP contribution in [0.1, 0.15) is 26.3 Å². The molecule has 0 heterocycles. The molecule has 0 aromatic heterocycles. The molecule has 5 heteroatoms. The zero-order valence-corrected chi connectivity index (χ0v) is 13.4. The van der Waals surface area contributed by atoms with Crippen LogP contribution in [0, 0.1) is 11.7 Å². The van der Waals surface area contributed by atoms with Gasteiger partial charge in [0, 0.05) is 25.8 Å². The van der Waals surface area contributed by atoms with E-state index < -0.39 is 0 Å². The molecule has 0 aliphatic carbocycles. The van der Waals surface area contributed by atoms with Gasteiger partial charge in [0.25, 0.3) is 0 Å². The van der Waals surface area contributed by atoms with Gasteiger partial charge in [0.15, 0.2) is 0 Å². The van der Waals surface area contributed by atoms with Crippen molar-refractivity contribution in [2.24, 2.45) is 5.92 Å². The Hall–Kier alpha value is -1.62. The van der Waals surface area contributed by atoms with Crippen LogP contribution in [0.4, 0.5) is 10.1 Å². The van der Waals surface area contributed by atoms with Gasteiger partial charge >= 0.3 is 0 Å². The van der Waals surface area contributed by atoms with E-state index in [4.69, 9.17) is 0 Å². The van der Waals surface area contributed by atoms with Gasteiger partial charge in [0.1, 0.15) is 5.82 Å². The summed E-state index contributed by atoms with van der Waals surface area (Å²) in [5.41, 5.74) is 1.78. The highest BCUT2D eigenvalue weighted by molar-refractivity contribution is 5.81. The van der Waals surface area contributed by atoms with Crippen LogP contribution < -0.4 is 15.5 Å². The Labute approximate surface area is 126 Å². The summed E-state index contributed by atoms with van der Waals surface area (Å²) in [5.74, 6) is 0.230. The molecule has 1 rings (SSSR count). The van der Waals surface area contributed by atoms with Crippen molar-refractivity contribution < 1.29 is 9.18 Å². The number of likely N-dealkylation sites (N-methyl/N-ethyl adjacent to an activating group) is 2. The van der Waals surface area contributed by atoms with Crippen molar-refractivity contribution in [2.45, 2.75) is 27.3 Å². The van der Waals surface area contributed by atoms with Crippen molar-refractivity contribution in [2.75, 3.05) is 31.6 Å². The number of carbonyl (C=O) groups excluding carboxylic acids is 1. The lowest BCUT2D eigenvalue weighted by molar-refractivity contribution is -0.119. The molecular formula is C16H26FN3O. The Morgan fingerprint density at radius 3 is 2.67 bits per heavy atom. The summed E-state index contributed by atoms with van der Waals surface area (Å²) >= 11 is 0. The summed E-state index contributed by atoms with van der Waals surface area (Å²) in [6.45, 7) is 8.67. The number of amides is 1. The van der Waals surface area contributed by atoms with E-state index >= 15 is 0 Å². The second kappa shape index (κ2) is 8.62. The molecule has 0 bridgehead atoms. The molecule has 1 aromatic carbocycles. The number of nitrogens with zero attached hydrogens (tertiary/aromatic N) is 1. The largest absolute Gasteiger partial charge is 0.362 e. The fourth-order valence-electron chi connectivity index (χ4n) is 2.12. The normalized spacial score (nSPS) is 10.8. The number of benzene rings is 1. The molecule has 118 valence electrons. The molecule has 2 N–H and O–H groups in total. The third-order valence-corrected chi connectivity index (χ3v) is 3.25. The van der Waals surface area contributed by atoms with Crippen LogP contribution in [-0.2, 0) is 11.3 Å². The SMILES string of the molecule is CCN(CC(=O)NC)c1ccc(F)cc1CNCC(C)C. The van der Waals surface area contributed by atoms with Gasteiger partial charge in [-0.05, 0) is 43.1 Å². The number of nitrogens with one attached hydrogen (secondary N) is 2. The Morgan fingerprint density at radius 1 is 1.38 bits per heavy atom. The molecule has 0 aliphatic heterocycles. The highest BCUT2D eigenvalue weighted by Crippen LogP contribution is 2.21. The molecule has 0 unspecified atom stereocenters. The fraction of sp³-hybridized carbons (Fsp3) is 0.562. The smallest absolute Gasteiger partial charge is 0.239 e. The third-order valence-electron chi connectivity index (χ3n) is 3.25. The summed E-state index contributed by atoms with van der Waals surface area (Å²) in [4.78, 5) is 13.5. The summed E-state index contributed by atoms with van der Waals surface area (Å²) in [6.07, 6.45) is 0. The maximum atomic E-state index is 13.5. The zero-order valence-electron chi connectivity index (χ0n) is 13.4. The molecule has 0 spiro atoms. The van der Waals surface area contributed by atoms with E-state index in [1.807, 2.05) is 11.8 Å². The number of anilines is 1. The average molecular weight is 295 g/mol. The first-order chi connectivity index (χ1) is 9.97. The van der Waals surface area contributed by atoms with Crippen LogP contribution in [0.2, 0.25) is 0 Å². The molecule has 0 atom stereocenters. The van der Waals surface area contributed by atoms with E-state index in [9.17, 15) is 9.18 Å². The first-order valence-electron chi connectivity index (χ1n) is 7.42. The highest BCUT2D eigenvalue weighted by Gasteiger charge is 2.13. The van der Waals surface area contributed by atoms with Crippen molar-refractivity contribution in [3.05, 3.63) is 29.6 Å². The van der Waals surface area contributed by atoms with Crippen LogP contribution in [0.3, 0.4) is 0 Å². The van der Waals surface area contributed by atoms with E-state index in [0.29, 0.717) is 19.0 Å². The van der Waals surface area contributed by atoms with Gasteiger partial charge in [-0.25, -0.2) is 4.39 Å². The molecule has 1 amide bonds. The molecule has 0 aliphatic rings. The number of hydrogen-bond acceptors (Lipinski definition) is 3. The first kappa shape index (κ1) is 17.4. The molecule has 0 saturated heterocycles. The summed E-state index contributed by atoms with van der Waals surface area (Å²) in [5, 5.41) is 5.94. The molecule has 4 nitrogen and oxygen atoms in total. The summed E-state index contributed by atoms with van der Waals surface area (Å²) in [6, 6.07) is 4.72. The van der Waals surface area contributed by atoms with Gasteiger partial charge in [-0.15, -0.1) is 0 Å². The van der Waals surface area contributed by atoms with Gasteiger partial charge in [0.2, 0.25) is 5.91 Å². The van der Waals surface area contributed by atoms with E-state index in [0.717, 1.165) is 17.8 Å². The zero-order chi connectivity index (χ0) is 15.8. The molecule has 0 fully saturated rings. The lowest BCUT2D eigenvalue weighted by atomic mass is 10.1. The Bertz CT molecular complexity index is 463. The number of rotatable bonds is 8. The lowest BCUT2D eigenvalue weighted by Gasteiger charge is -2.25. The first-order valence-corrected chi connectivity index (χ1v) is 7.42. The standard InChI is InChI=1S/C16H26FN3O/c1-5-20(11-16(21)18-4)15-7-6-14(17)8-13(15)10-19-9-12(2)3/h6-8,12,19H,5,9-11H2,1-4H3,(H,18,21). The van der Waals surface area contributed by atoms with Crippen molar-refractivity contribution >= 4 is 11.6 Å². The predicted octanol–water partition coefficient (Wildman–Crippen LogP) is 2.14. The Kier molecular flexibility index (Phi) is 7.15. The van der Waals surface area contributed by atoms with Crippen molar-refractivity contribution in [1.29, 1.82) is 0 Å². The van der Waals surface area contributed by atoms with Gasteiger partial charge in [-0.2, -0.15) is 0 Å². The average Bonchev–Trinajstić information content (AvgIpc) is 2.44. The van der Waals surface area contributed by atoms with Crippen LogP contribution in [-0.4, -0.2) is 32.6 Å². The molecule has 1 aromatic rings. The predicted molar refractivity (Wildman–Crippen MR) is 84.9 cm³/mol. The maximum Gasteiger partial charge on any atom is 0.239 e. The number of halogens is 1. The Morgan fingerprint density at radius 2 is 2.10 bits per heavy atom. The van der Waals surface area contributed by atoms with Crippen molar-refractivity contribution in [3.63, 3.8) is 0 Å². The Balaban J connectivity index is 2.90. The van der Waals surface area contributed by atoms with Crippen LogP contribution >= 0.6 is 0 Å². The second-order valence-corrected chi connectivity index (χ2v) is 5.49. The van der Waals surface area contributed by atoms with E-state index in [1.54, 1.807) is 13.1 Å². The molecular weight excluding hydrogens is 269 g/mol. The second-order valence-electron chi connectivity index (χ2n) is 5.49. The number of hydrogen-bond donors (Lipinski definition) is 2. The summed E-state index contributed by atoms with van der Waals surface area (Å²) < 4.78 is 13.5. The molecule has 21 heavy (non-hydrogen) atoms. The topological polar surface area (TPSA) is 44.4 Å². The number of carbonyl (C=O) groups is 1. The van der Waals surface area contributed by atoms with Gasteiger partial charge in [-0.3, -0.25) is 4.79 Å². The van der Waals surface area contributed by atoms with Crippen LogP contribution in [0.15, 0.2) is 18.2 Å². The quantitative estimate of drug-likeness (QED) is 0.772. The van der Waals surface area contributed by atoms with E-state index in [-0.39, 0.29) is 18.3 Å². The van der Waals surface area contributed by atoms with E-state index in [2.05, 4.69) is 24.5 Å². The summed E-state index contributed by atoms with van der Waals surface area (Å²) in [7, 11) is 1.62. The fourth-order valence-corrected chi connectivity index (χ4v) is 2.12. The highest BCUT2D eigenvalue weighted by atomic mass is 19.1. The van der Waals surface area contributed by atoms with E-state index in [1.165, 1.54) is 12.1 Å². The van der Waals surface area contributed by atoms with Gasteiger partial charge < -0.3 is 15.5 Å². The minimum Gasteiger partial charge on any atom is -0.362 e. The third kappa shape index (κ3) is 5.71. The monoisotopic (exact) mass is 295 g/mol. The van der Waals surface area contributed by atoms with Gasteiger partial charge in [0.05, 0.1) is 6.54 Å². The molecule has 0 saturated carbocycles. The van der Waals surface area contributed by atoms with Crippen LogP contribution in [0.25, 0.3) is 0 Å². The minimum absolute atomic E-state index is 0.0535.